The van der Waals surface area contributed by atoms with E-state index < -0.39 is 0 Å². The van der Waals surface area contributed by atoms with Gasteiger partial charge < -0.3 is 10.2 Å². The SMILES string of the molecule is CNCCc1ccc(CN(C)c2ccc(F)cc2)cc1. The third-order valence-electron chi connectivity index (χ3n) is 3.37. The van der Waals surface area contributed by atoms with Crippen molar-refractivity contribution in [3.63, 3.8) is 0 Å². The number of likely N-dealkylation sites (N-methyl/N-ethyl adjacent to an activating group) is 1. The van der Waals surface area contributed by atoms with Crippen LogP contribution in [-0.2, 0) is 13.0 Å². The number of anilines is 1. The average Bonchev–Trinajstić information content (AvgIpc) is 2.47. The molecule has 0 aliphatic rings. The summed E-state index contributed by atoms with van der Waals surface area (Å²) in [5.41, 5.74) is 3.61. The molecule has 0 aromatic heterocycles. The van der Waals surface area contributed by atoms with E-state index in [9.17, 15) is 4.39 Å². The van der Waals surface area contributed by atoms with Gasteiger partial charge in [0.1, 0.15) is 5.82 Å². The molecule has 0 unspecified atom stereocenters. The molecular formula is C17H21FN2. The Morgan fingerprint density at radius 3 is 2.15 bits per heavy atom. The fourth-order valence-electron chi connectivity index (χ4n) is 2.14. The average molecular weight is 272 g/mol. The molecule has 0 fully saturated rings. The Morgan fingerprint density at radius 1 is 0.950 bits per heavy atom. The van der Waals surface area contributed by atoms with E-state index >= 15 is 0 Å². The summed E-state index contributed by atoms with van der Waals surface area (Å²) in [7, 11) is 3.98. The van der Waals surface area contributed by atoms with E-state index in [4.69, 9.17) is 0 Å². The fraction of sp³-hybridized carbons (Fsp3) is 0.294. The van der Waals surface area contributed by atoms with Gasteiger partial charge in [-0.15, -0.1) is 0 Å². The van der Waals surface area contributed by atoms with Crippen LogP contribution in [0.2, 0.25) is 0 Å². The topological polar surface area (TPSA) is 15.3 Å². The Labute approximate surface area is 120 Å². The number of hydrogen-bond donors (Lipinski definition) is 1. The molecule has 0 aliphatic heterocycles. The van der Waals surface area contributed by atoms with Crippen molar-refractivity contribution in [2.75, 3.05) is 25.5 Å². The van der Waals surface area contributed by atoms with Gasteiger partial charge in [0, 0.05) is 19.3 Å². The number of halogens is 1. The molecule has 0 spiro atoms. The molecule has 0 bridgehead atoms. The standard InChI is InChI=1S/C17H21FN2/c1-19-12-11-14-3-5-15(6-4-14)13-20(2)17-9-7-16(18)8-10-17/h3-10,19H,11-13H2,1-2H3. The van der Waals surface area contributed by atoms with Gasteiger partial charge >= 0.3 is 0 Å². The van der Waals surface area contributed by atoms with Crippen molar-refractivity contribution in [3.05, 3.63) is 65.5 Å². The van der Waals surface area contributed by atoms with E-state index in [2.05, 4.69) is 34.5 Å². The minimum atomic E-state index is -0.198. The highest BCUT2D eigenvalue weighted by molar-refractivity contribution is 5.46. The second kappa shape index (κ2) is 7.06. The monoisotopic (exact) mass is 272 g/mol. The van der Waals surface area contributed by atoms with Gasteiger partial charge in [0.15, 0.2) is 0 Å². The molecule has 0 atom stereocenters. The van der Waals surface area contributed by atoms with Crippen molar-refractivity contribution in [3.8, 4) is 0 Å². The van der Waals surface area contributed by atoms with E-state index in [1.165, 1.54) is 23.3 Å². The highest BCUT2D eigenvalue weighted by atomic mass is 19.1. The van der Waals surface area contributed by atoms with E-state index in [0.717, 1.165) is 25.2 Å². The Hall–Kier alpha value is -1.87. The summed E-state index contributed by atoms with van der Waals surface area (Å²) in [6, 6.07) is 15.2. The van der Waals surface area contributed by atoms with Crippen molar-refractivity contribution in [2.45, 2.75) is 13.0 Å². The lowest BCUT2D eigenvalue weighted by atomic mass is 10.1. The van der Waals surface area contributed by atoms with Crippen LogP contribution in [0.15, 0.2) is 48.5 Å². The fourth-order valence-corrected chi connectivity index (χ4v) is 2.14. The molecule has 0 heterocycles. The number of benzene rings is 2. The van der Waals surface area contributed by atoms with Gasteiger partial charge in [-0.2, -0.15) is 0 Å². The van der Waals surface area contributed by atoms with Crippen LogP contribution in [0, 0.1) is 5.82 Å². The first-order valence-corrected chi connectivity index (χ1v) is 6.88. The summed E-state index contributed by atoms with van der Waals surface area (Å²) < 4.78 is 12.9. The second-order valence-corrected chi connectivity index (χ2v) is 5.00. The Balaban J connectivity index is 1.97. The van der Waals surface area contributed by atoms with Crippen LogP contribution in [0.1, 0.15) is 11.1 Å². The first-order valence-electron chi connectivity index (χ1n) is 6.88. The van der Waals surface area contributed by atoms with Gasteiger partial charge in [-0.1, -0.05) is 24.3 Å². The van der Waals surface area contributed by atoms with Crippen molar-refractivity contribution in [1.82, 2.24) is 5.32 Å². The van der Waals surface area contributed by atoms with Gasteiger partial charge in [0.05, 0.1) is 0 Å². The van der Waals surface area contributed by atoms with Crippen LogP contribution < -0.4 is 10.2 Å². The lowest BCUT2D eigenvalue weighted by molar-refractivity contribution is 0.627. The summed E-state index contributed by atoms with van der Waals surface area (Å²) in [6.07, 6.45) is 1.05. The molecule has 20 heavy (non-hydrogen) atoms. The smallest absolute Gasteiger partial charge is 0.123 e. The van der Waals surface area contributed by atoms with Crippen molar-refractivity contribution < 1.29 is 4.39 Å². The number of rotatable bonds is 6. The van der Waals surface area contributed by atoms with Crippen LogP contribution in [-0.4, -0.2) is 20.6 Å². The molecule has 2 rings (SSSR count). The molecule has 3 heteroatoms. The zero-order valence-electron chi connectivity index (χ0n) is 12.1. The van der Waals surface area contributed by atoms with Crippen LogP contribution in [0.25, 0.3) is 0 Å². The molecule has 2 aromatic rings. The Morgan fingerprint density at radius 2 is 1.55 bits per heavy atom. The van der Waals surface area contributed by atoms with Crippen LogP contribution in [0.3, 0.4) is 0 Å². The molecule has 0 radical (unpaired) electrons. The quantitative estimate of drug-likeness (QED) is 0.868. The number of nitrogens with one attached hydrogen (secondary N) is 1. The highest BCUT2D eigenvalue weighted by Crippen LogP contribution is 2.16. The molecule has 106 valence electrons. The van der Waals surface area contributed by atoms with Crippen LogP contribution in [0.5, 0.6) is 0 Å². The highest BCUT2D eigenvalue weighted by Gasteiger charge is 2.02. The van der Waals surface area contributed by atoms with Gasteiger partial charge in [-0.25, -0.2) is 4.39 Å². The summed E-state index contributed by atoms with van der Waals surface area (Å²) in [6.45, 7) is 1.81. The summed E-state index contributed by atoms with van der Waals surface area (Å²) in [5, 5.41) is 3.15. The van der Waals surface area contributed by atoms with Gasteiger partial charge in [-0.05, 0) is 55.4 Å². The molecule has 2 nitrogen and oxygen atoms in total. The van der Waals surface area contributed by atoms with Gasteiger partial charge in [0.2, 0.25) is 0 Å². The molecule has 2 aromatic carbocycles. The van der Waals surface area contributed by atoms with E-state index in [1.54, 1.807) is 12.1 Å². The third kappa shape index (κ3) is 4.07. The zero-order valence-corrected chi connectivity index (χ0v) is 12.1. The Kier molecular flexibility index (Phi) is 5.13. The van der Waals surface area contributed by atoms with Crippen molar-refractivity contribution in [2.24, 2.45) is 0 Å². The first kappa shape index (κ1) is 14.5. The number of hydrogen-bond acceptors (Lipinski definition) is 2. The maximum absolute atomic E-state index is 12.9. The largest absolute Gasteiger partial charge is 0.370 e. The maximum Gasteiger partial charge on any atom is 0.123 e. The lowest BCUT2D eigenvalue weighted by Gasteiger charge is -2.19. The predicted molar refractivity (Wildman–Crippen MR) is 82.6 cm³/mol. The number of nitrogens with zero attached hydrogens (tertiary/aromatic N) is 1. The summed E-state index contributed by atoms with van der Waals surface area (Å²) >= 11 is 0. The van der Waals surface area contributed by atoms with E-state index in [-0.39, 0.29) is 5.82 Å². The van der Waals surface area contributed by atoms with Gasteiger partial charge in [-0.3, -0.25) is 0 Å². The second-order valence-electron chi connectivity index (χ2n) is 5.00. The molecule has 1 N–H and O–H groups in total. The Bertz CT molecular complexity index is 520. The summed E-state index contributed by atoms with van der Waals surface area (Å²) in [5.74, 6) is -0.198. The minimum Gasteiger partial charge on any atom is -0.370 e. The van der Waals surface area contributed by atoms with Crippen LogP contribution in [0.4, 0.5) is 10.1 Å². The first-order chi connectivity index (χ1) is 9.69. The lowest BCUT2D eigenvalue weighted by Crippen LogP contribution is -2.16. The third-order valence-corrected chi connectivity index (χ3v) is 3.37. The molecule has 0 aliphatic carbocycles. The molecule has 0 amide bonds. The van der Waals surface area contributed by atoms with E-state index in [1.807, 2.05) is 14.1 Å². The van der Waals surface area contributed by atoms with Crippen molar-refractivity contribution >= 4 is 5.69 Å². The van der Waals surface area contributed by atoms with Gasteiger partial charge in [0.25, 0.3) is 0 Å². The summed E-state index contributed by atoms with van der Waals surface area (Å²) in [4.78, 5) is 2.11. The minimum absolute atomic E-state index is 0.198. The van der Waals surface area contributed by atoms with Crippen molar-refractivity contribution in [1.29, 1.82) is 0 Å². The van der Waals surface area contributed by atoms with E-state index in [0.29, 0.717) is 0 Å². The predicted octanol–water partition coefficient (Wildman–Crippen LogP) is 3.22. The zero-order chi connectivity index (χ0) is 14.4. The molecule has 0 saturated carbocycles. The maximum atomic E-state index is 12.9. The normalized spacial score (nSPS) is 10.6. The molecule has 0 saturated heterocycles. The molecular weight excluding hydrogens is 251 g/mol. The van der Waals surface area contributed by atoms with Crippen LogP contribution >= 0.6 is 0 Å².